The fourth-order valence-electron chi connectivity index (χ4n) is 3.47. The van der Waals surface area contributed by atoms with Gasteiger partial charge in [0.25, 0.3) is 12.3 Å². The van der Waals surface area contributed by atoms with Crippen LogP contribution in [0, 0.1) is 0 Å². The Balaban J connectivity index is 1.64. The number of fused-ring (bicyclic) bond motifs is 1. The fraction of sp³-hybridized carbons (Fsp3) is 0.381. The van der Waals surface area contributed by atoms with Crippen LogP contribution in [0.5, 0.6) is 5.75 Å². The minimum absolute atomic E-state index is 0.0570. The molecule has 1 aliphatic heterocycles. The molecule has 1 amide bonds. The van der Waals surface area contributed by atoms with Crippen LogP contribution in [-0.4, -0.2) is 40.1 Å². The van der Waals surface area contributed by atoms with Crippen LogP contribution in [0.3, 0.4) is 0 Å². The predicted molar refractivity (Wildman–Crippen MR) is 106 cm³/mol. The van der Waals surface area contributed by atoms with Crippen molar-refractivity contribution in [3.05, 3.63) is 53.6 Å². The zero-order valence-corrected chi connectivity index (χ0v) is 16.5. The van der Waals surface area contributed by atoms with Gasteiger partial charge in [-0.25, -0.2) is 18.7 Å². The first-order chi connectivity index (χ1) is 14.5. The maximum atomic E-state index is 12.9. The highest BCUT2D eigenvalue weighted by Gasteiger charge is 2.21. The number of halogens is 2. The normalized spacial score (nSPS) is 16.7. The summed E-state index contributed by atoms with van der Waals surface area (Å²) in [6.07, 6.45) is 2.78. The lowest BCUT2D eigenvalue weighted by atomic mass is 9.99. The zero-order valence-electron chi connectivity index (χ0n) is 16.5. The van der Waals surface area contributed by atoms with Gasteiger partial charge in [-0.15, -0.1) is 0 Å². The number of aromatic nitrogens is 3. The van der Waals surface area contributed by atoms with Crippen molar-refractivity contribution in [2.45, 2.75) is 32.1 Å². The van der Waals surface area contributed by atoms with Crippen molar-refractivity contribution < 1.29 is 23.0 Å². The largest absolute Gasteiger partial charge is 0.490 e. The lowest BCUT2D eigenvalue weighted by Gasteiger charge is -2.19. The summed E-state index contributed by atoms with van der Waals surface area (Å²) in [5.41, 5.74) is 1.41. The molecule has 9 heteroatoms. The third-order valence-electron chi connectivity index (χ3n) is 4.91. The molecule has 4 heterocycles. The van der Waals surface area contributed by atoms with Crippen molar-refractivity contribution in [2.24, 2.45) is 0 Å². The van der Waals surface area contributed by atoms with Gasteiger partial charge < -0.3 is 19.2 Å². The number of carbonyl (C=O) groups excluding carboxylic acids is 1. The molecule has 0 aromatic carbocycles. The molecule has 7 nitrogen and oxygen atoms in total. The van der Waals surface area contributed by atoms with E-state index in [4.69, 9.17) is 14.5 Å². The maximum absolute atomic E-state index is 12.9. The van der Waals surface area contributed by atoms with Gasteiger partial charge in [-0.1, -0.05) is 6.07 Å². The summed E-state index contributed by atoms with van der Waals surface area (Å²) >= 11 is 0. The molecule has 1 saturated heterocycles. The number of nitrogens with one attached hydrogen (secondary N) is 1. The van der Waals surface area contributed by atoms with Crippen LogP contribution in [0.25, 0.3) is 5.65 Å². The van der Waals surface area contributed by atoms with E-state index >= 15 is 0 Å². The third-order valence-corrected chi connectivity index (χ3v) is 4.91. The smallest absolute Gasteiger partial charge is 0.280 e. The Morgan fingerprint density at radius 3 is 2.97 bits per heavy atom. The molecule has 1 fully saturated rings. The number of ether oxygens (including phenoxy) is 2. The van der Waals surface area contributed by atoms with E-state index in [0.717, 1.165) is 25.1 Å². The number of pyridine rings is 2. The van der Waals surface area contributed by atoms with Crippen LogP contribution >= 0.6 is 0 Å². The van der Waals surface area contributed by atoms with Gasteiger partial charge in [0.2, 0.25) is 0 Å². The van der Waals surface area contributed by atoms with Crippen molar-refractivity contribution in [1.82, 2.24) is 14.4 Å². The minimum Gasteiger partial charge on any atom is -0.490 e. The second-order valence-corrected chi connectivity index (χ2v) is 7.04. The van der Waals surface area contributed by atoms with Gasteiger partial charge in [0.15, 0.2) is 11.4 Å². The molecular formula is C21H22F2N4O3. The Labute approximate surface area is 172 Å². The maximum Gasteiger partial charge on any atom is 0.280 e. The molecular weight excluding hydrogens is 394 g/mol. The molecule has 0 bridgehead atoms. The lowest BCUT2D eigenvalue weighted by Crippen LogP contribution is -2.15. The van der Waals surface area contributed by atoms with Crippen molar-refractivity contribution in [2.75, 3.05) is 25.1 Å². The molecule has 0 saturated carbocycles. The van der Waals surface area contributed by atoms with Gasteiger partial charge in [-0.05, 0) is 38.0 Å². The highest BCUT2D eigenvalue weighted by Crippen LogP contribution is 2.29. The van der Waals surface area contributed by atoms with E-state index < -0.39 is 18.0 Å². The van der Waals surface area contributed by atoms with Crippen molar-refractivity contribution in [3.63, 3.8) is 0 Å². The monoisotopic (exact) mass is 416 g/mol. The summed E-state index contributed by atoms with van der Waals surface area (Å²) in [4.78, 5) is 21.2. The molecule has 1 N–H and O–H groups in total. The molecule has 3 aromatic heterocycles. The van der Waals surface area contributed by atoms with Gasteiger partial charge in [-0.3, -0.25) is 4.79 Å². The Kier molecular flexibility index (Phi) is 5.89. The van der Waals surface area contributed by atoms with Crippen molar-refractivity contribution in [3.8, 4) is 5.75 Å². The summed E-state index contributed by atoms with van der Waals surface area (Å²) in [5.74, 6) is 0.253. The van der Waals surface area contributed by atoms with Crippen molar-refractivity contribution in [1.29, 1.82) is 0 Å². The number of hydrogen-bond acceptors (Lipinski definition) is 5. The zero-order chi connectivity index (χ0) is 21.1. The van der Waals surface area contributed by atoms with E-state index in [-0.39, 0.29) is 11.7 Å². The molecule has 0 radical (unpaired) electrons. The van der Waals surface area contributed by atoms with Gasteiger partial charge in [-0.2, -0.15) is 0 Å². The summed E-state index contributed by atoms with van der Waals surface area (Å²) in [6, 6.07) is 5.69. The molecule has 0 spiro atoms. The average molecular weight is 416 g/mol. The summed E-state index contributed by atoms with van der Waals surface area (Å²) in [5, 5.41) is 2.57. The lowest BCUT2D eigenvalue weighted by molar-refractivity contribution is 0.0794. The minimum atomic E-state index is -2.71. The first kappa shape index (κ1) is 20.2. The number of nitrogens with zero attached hydrogens (tertiary/aromatic N) is 3. The molecule has 0 unspecified atom stereocenters. The first-order valence-corrected chi connectivity index (χ1v) is 9.84. The molecule has 1 atom stereocenters. The number of amides is 1. The number of anilines is 1. The Bertz CT molecular complexity index is 1050. The number of rotatable bonds is 6. The number of alkyl halides is 2. The molecule has 4 rings (SSSR count). The van der Waals surface area contributed by atoms with E-state index in [1.165, 1.54) is 18.2 Å². The Morgan fingerprint density at radius 1 is 1.37 bits per heavy atom. The van der Waals surface area contributed by atoms with E-state index in [1.807, 2.05) is 13.1 Å². The predicted octanol–water partition coefficient (Wildman–Crippen LogP) is 4.21. The Morgan fingerprint density at radius 2 is 2.23 bits per heavy atom. The van der Waals surface area contributed by atoms with E-state index in [1.54, 1.807) is 16.7 Å². The first-order valence-electron chi connectivity index (χ1n) is 9.84. The standard InChI is InChI=1S/C21H22F2N4O3/c1-2-30-17-9-14(21(28)26-18-7-3-6-15(24-18)19(22)23)10-27-11-16(25-20(17)27)13-5-4-8-29-12-13/h3,6-7,9-11,13,19H,2,4-5,8,12H2,1H3,(H,24,26,28)/t13-/m0/s1. The van der Waals surface area contributed by atoms with E-state index in [9.17, 15) is 13.6 Å². The van der Waals surface area contributed by atoms with Crippen LogP contribution in [0.2, 0.25) is 0 Å². The van der Waals surface area contributed by atoms with E-state index in [0.29, 0.717) is 30.2 Å². The average Bonchev–Trinajstić information content (AvgIpc) is 3.19. The molecule has 30 heavy (non-hydrogen) atoms. The van der Waals surface area contributed by atoms with Gasteiger partial charge in [0, 0.05) is 24.9 Å². The highest BCUT2D eigenvalue weighted by atomic mass is 19.3. The number of carbonyl (C=O) groups is 1. The highest BCUT2D eigenvalue weighted by molar-refractivity contribution is 6.04. The molecule has 0 aliphatic carbocycles. The Hall–Kier alpha value is -3.07. The van der Waals surface area contributed by atoms with Crippen molar-refractivity contribution >= 4 is 17.4 Å². The van der Waals surface area contributed by atoms with Crippen LogP contribution in [0.15, 0.2) is 36.7 Å². The second-order valence-electron chi connectivity index (χ2n) is 7.04. The van der Waals surface area contributed by atoms with E-state index in [2.05, 4.69) is 10.3 Å². The number of imidazole rings is 1. The van der Waals surface area contributed by atoms with Crippen LogP contribution < -0.4 is 10.1 Å². The van der Waals surface area contributed by atoms with Crippen LogP contribution in [0.1, 0.15) is 53.9 Å². The summed E-state index contributed by atoms with van der Waals surface area (Å²) in [7, 11) is 0. The van der Waals surface area contributed by atoms with Gasteiger partial charge in [0.05, 0.1) is 24.5 Å². The summed E-state index contributed by atoms with van der Waals surface area (Å²) in [6.45, 7) is 3.64. The van der Waals surface area contributed by atoms with Crippen LogP contribution in [-0.2, 0) is 4.74 Å². The fourth-order valence-corrected chi connectivity index (χ4v) is 3.47. The van der Waals surface area contributed by atoms with Gasteiger partial charge >= 0.3 is 0 Å². The topological polar surface area (TPSA) is 77.8 Å². The molecule has 1 aliphatic rings. The van der Waals surface area contributed by atoms with Gasteiger partial charge in [0.1, 0.15) is 11.5 Å². The van der Waals surface area contributed by atoms with Crippen LogP contribution in [0.4, 0.5) is 14.6 Å². The quantitative estimate of drug-likeness (QED) is 0.651. The number of hydrogen-bond donors (Lipinski definition) is 1. The summed E-state index contributed by atoms with van der Waals surface area (Å²) < 4.78 is 38.7. The third kappa shape index (κ3) is 4.25. The second kappa shape index (κ2) is 8.74. The molecule has 3 aromatic rings. The SMILES string of the molecule is CCOc1cc(C(=O)Nc2cccc(C(F)F)n2)cn2cc([C@H]3CCCOC3)nc12. The molecule has 158 valence electrons.